The number of nitrogens with zero attached hydrogens (tertiary/aromatic N) is 2. The van der Waals surface area contributed by atoms with E-state index in [9.17, 15) is 0 Å². The fourth-order valence-corrected chi connectivity index (χ4v) is 8.56. The van der Waals surface area contributed by atoms with Crippen LogP contribution in [0.1, 0.15) is 25.0 Å². The Morgan fingerprint density at radius 3 is 1.64 bits per heavy atom. The van der Waals surface area contributed by atoms with E-state index < -0.39 is 0 Å². The minimum atomic E-state index is -0.103. The summed E-state index contributed by atoms with van der Waals surface area (Å²) >= 11 is 0. The fourth-order valence-electron chi connectivity index (χ4n) is 8.56. The highest BCUT2D eigenvalue weighted by Gasteiger charge is 2.35. The normalized spacial score (nSPS) is 12.9. The highest BCUT2D eigenvalue weighted by molar-refractivity contribution is 6.09. The number of benzene rings is 8. The van der Waals surface area contributed by atoms with Crippen LogP contribution in [0.2, 0.25) is 0 Å². The van der Waals surface area contributed by atoms with E-state index in [1.54, 1.807) is 0 Å². The van der Waals surface area contributed by atoms with E-state index in [0.717, 1.165) is 22.7 Å². The van der Waals surface area contributed by atoms with Gasteiger partial charge in [0.1, 0.15) is 0 Å². The molecule has 0 aliphatic heterocycles. The van der Waals surface area contributed by atoms with Gasteiger partial charge < -0.3 is 9.47 Å². The molecule has 0 radical (unpaired) electrons. The Hall–Kier alpha value is -6.64. The third kappa shape index (κ3) is 5.10. The van der Waals surface area contributed by atoms with E-state index in [-0.39, 0.29) is 5.41 Å². The topological polar surface area (TPSA) is 8.17 Å². The minimum absolute atomic E-state index is 0.103. The molecule has 252 valence electrons. The molecule has 0 spiro atoms. The molecule has 1 aliphatic rings. The first-order valence-corrected chi connectivity index (χ1v) is 18.4. The summed E-state index contributed by atoms with van der Waals surface area (Å²) < 4.78 is 2.38. The van der Waals surface area contributed by atoms with Crippen molar-refractivity contribution in [2.75, 3.05) is 4.90 Å². The number of hydrogen-bond donors (Lipinski definition) is 0. The third-order valence-corrected chi connectivity index (χ3v) is 11.2. The summed E-state index contributed by atoms with van der Waals surface area (Å²) in [7, 11) is 0. The first-order chi connectivity index (χ1) is 26.0. The van der Waals surface area contributed by atoms with Gasteiger partial charge in [-0.2, -0.15) is 0 Å². The highest BCUT2D eigenvalue weighted by atomic mass is 15.1. The Morgan fingerprint density at radius 2 is 0.906 bits per heavy atom. The molecule has 2 heteroatoms. The molecule has 1 heterocycles. The zero-order valence-electron chi connectivity index (χ0n) is 29.9. The summed E-state index contributed by atoms with van der Waals surface area (Å²) in [6, 6.07) is 70.8. The first-order valence-electron chi connectivity index (χ1n) is 18.4. The van der Waals surface area contributed by atoms with Gasteiger partial charge in [0.05, 0.1) is 11.0 Å². The van der Waals surface area contributed by atoms with Gasteiger partial charge in [0.25, 0.3) is 0 Å². The Kier molecular flexibility index (Phi) is 7.19. The molecule has 10 rings (SSSR count). The maximum atomic E-state index is 2.42. The van der Waals surface area contributed by atoms with Crippen molar-refractivity contribution >= 4 is 38.9 Å². The van der Waals surface area contributed by atoms with Crippen molar-refractivity contribution in [3.8, 4) is 39.1 Å². The van der Waals surface area contributed by atoms with Crippen molar-refractivity contribution in [3.63, 3.8) is 0 Å². The number of rotatable bonds is 6. The van der Waals surface area contributed by atoms with Crippen molar-refractivity contribution < 1.29 is 0 Å². The summed E-state index contributed by atoms with van der Waals surface area (Å²) in [5, 5.41) is 2.53. The molecule has 1 aliphatic carbocycles. The molecule has 0 fully saturated rings. The molecule has 0 unspecified atom stereocenters. The number of hydrogen-bond acceptors (Lipinski definition) is 1. The van der Waals surface area contributed by atoms with Gasteiger partial charge in [0, 0.05) is 38.9 Å². The van der Waals surface area contributed by atoms with Gasteiger partial charge in [-0.25, -0.2) is 0 Å². The van der Waals surface area contributed by atoms with Crippen molar-refractivity contribution in [1.29, 1.82) is 0 Å². The SMILES string of the molecule is CC1(C)c2ccccc2-c2ccc(N(c3ccc(-n4c5ccccc5c5ccccc54)cc3)c3cccc(-c4cccc(-c5ccccc5)c4)c3)cc21. The summed E-state index contributed by atoms with van der Waals surface area (Å²) in [6.45, 7) is 4.71. The monoisotopic (exact) mass is 678 g/mol. The lowest BCUT2D eigenvalue weighted by molar-refractivity contribution is 0.660. The molecular formula is C51H38N2. The molecule has 2 nitrogen and oxygen atoms in total. The summed E-state index contributed by atoms with van der Waals surface area (Å²) in [6.07, 6.45) is 0. The van der Waals surface area contributed by atoms with E-state index in [2.05, 4.69) is 217 Å². The van der Waals surface area contributed by atoms with Crippen LogP contribution in [0.25, 0.3) is 60.9 Å². The lowest BCUT2D eigenvalue weighted by Crippen LogP contribution is -2.16. The van der Waals surface area contributed by atoms with Gasteiger partial charge in [0.15, 0.2) is 0 Å². The molecule has 8 aromatic carbocycles. The average Bonchev–Trinajstić information content (AvgIpc) is 3.67. The molecular weight excluding hydrogens is 641 g/mol. The molecule has 0 saturated carbocycles. The lowest BCUT2D eigenvalue weighted by atomic mass is 9.82. The molecule has 0 atom stereocenters. The number of aromatic nitrogens is 1. The van der Waals surface area contributed by atoms with Gasteiger partial charge in [0.2, 0.25) is 0 Å². The predicted octanol–water partition coefficient (Wildman–Crippen LogP) is 13.9. The zero-order chi connectivity index (χ0) is 35.5. The fraction of sp³-hybridized carbons (Fsp3) is 0.0588. The first kappa shape index (κ1) is 31.1. The maximum Gasteiger partial charge on any atom is 0.0541 e. The van der Waals surface area contributed by atoms with Crippen LogP contribution in [0, 0.1) is 0 Å². The van der Waals surface area contributed by atoms with Gasteiger partial charge in [-0.15, -0.1) is 0 Å². The zero-order valence-corrected chi connectivity index (χ0v) is 29.9. The Morgan fingerprint density at radius 1 is 0.377 bits per heavy atom. The largest absolute Gasteiger partial charge is 0.310 e. The molecule has 1 aromatic heterocycles. The van der Waals surface area contributed by atoms with Gasteiger partial charge >= 0.3 is 0 Å². The quantitative estimate of drug-likeness (QED) is 0.170. The average molecular weight is 679 g/mol. The van der Waals surface area contributed by atoms with Crippen molar-refractivity contribution in [3.05, 3.63) is 205 Å². The second-order valence-electron chi connectivity index (χ2n) is 14.6. The van der Waals surface area contributed by atoms with Crippen molar-refractivity contribution in [1.82, 2.24) is 4.57 Å². The smallest absolute Gasteiger partial charge is 0.0541 e. The maximum absolute atomic E-state index is 2.42. The van der Waals surface area contributed by atoms with Crippen LogP contribution in [0.3, 0.4) is 0 Å². The highest BCUT2D eigenvalue weighted by Crippen LogP contribution is 2.50. The molecule has 53 heavy (non-hydrogen) atoms. The van der Waals surface area contributed by atoms with Crippen LogP contribution in [-0.4, -0.2) is 4.57 Å². The van der Waals surface area contributed by atoms with Crippen LogP contribution in [0.5, 0.6) is 0 Å². The van der Waals surface area contributed by atoms with E-state index in [4.69, 9.17) is 0 Å². The van der Waals surface area contributed by atoms with Crippen molar-refractivity contribution in [2.24, 2.45) is 0 Å². The molecule has 0 bridgehead atoms. The Labute approximate surface area is 310 Å². The van der Waals surface area contributed by atoms with Crippen LogP contribution in [0.15, 0.2) is 194 Å². The van der Waals surface area contributed by atoms with E-state index in [1.165, 1.54) is 66.3 Å². The molecule has 0 amide bonds. The van der Waals surface area contributed by atoms with Gasteiger partial charge in [-0.3, -0.25) is 0 Å². The summed E-state index contributed by atoms with van der Waals surface area (Å²) in [5.41, 5.74) is 17.0. The summed E-state index contributed by atoms with van der Waals surface area (Å²) in [4.78, 5) is 2.42. The van der Waals surface area contributed by atoms with Crippen LogP contribution < -0.4 is 4.90 Å². The standard InChI is InChI=1S/C51H38N2/c1-51(2)47-23-9-6-20-43(47)44-31-30-42(34-48(44)51)52(41-19-13-18-38(33-41)37-17-12-16-36(32-37)35-14-4-3-5-15-35)39-26-28-40(29-27-39)53-49-24-10-7-21-45(49)46-22-8-11-25-50(46)53/h3-34H,1-2H3. The molecule has 0 N–H and O–H groups in total. The number of fused-ring (bicyclic) bond motifs is 6. The Bertz CT molecular complexity index is 2750. The molecule has 9 aromatic rings. The minimum Gasteiger partial charge on any atom is -0.310 e. The van der Waals surface area contributed by atoms with E-state index >= 15 is 0 Å². The second-order valence-corrected chi connectivity index (χ2v) is 14.6. The van der Waals surface area contributed by atoms with Crippen LogP contribution in [-0.2, 0) is 5.41 Å². The van der Waals surface area contributed by atoms with Crippen molar-refractivity contribution in [2.45, 2.75) is 19.3 Å². The lowest BCUT2D eigenvalue weighted by Gasteiger charge is -2.28. The van der Waals surface area contributed by atoms with Crippen LogP contribution in [0.4, 0.5) is 17.1 Å². The van der Waals surface area contributed by atoms with E-state index in [0.29, 0.717) is 0 Å². The summed E-state index contributed by atoms with van der Waals surface area (Å²) in [5.74, 6) is 0. The Balaban J connectivity index is 1.12. The molecule has 0 saturated heterocycles. The second kappa shape index (κ2) is 12.3. The van der Waals surface area contributed by atoms with Gasteiger partial charge in [-0.05, 0) is 111 Å². The van der Waals surface area contributed by atoms with Gasteiger partial charge in [-0.1, -0.05) is 141 Å². The predicted molar refractivity (Wildman–Crippen MR) is 224 cm³/mol. The third-order valence-electron chi connectivity index (χ3n) is 11.2. The number of anilines is 3. The number of para-hydroxylation sites is 2. The van der Waals surface area contributed by atoms with Crippen LogP contribution >= 0.6 is 0 Å². The van der Waals surface area contributed by atoms with E-state index in [1.807, 2.05) is 0 Å².